The summed E-state index contributed by atoms with van der Waals surface area (Å²) in [7, 11) is 1.97. The summed E-state index contributed by atoms with van der Waals surface area (Å²) in [5.41, 5.74) is 1.30. The zero-order chi connectivity index (χ0) is 8.81. The van der Waals surface area contributed by atoms with Crippen LogP contribution >= 0.6 is 0 Å². The van der Waals surface area contributed by atoms with Gasteiger partial charge in [0.1, 0.15) is 0 Å². The van der Waals surface area contributed by atoms with Crippen LogP contribution in [0.25, 0.3) is 0 Å². The van der Waals surface area contributed by atoms with E-state index in [1.807, 2.05) is 20.0 Å². The van der Waals surface area contributed by atoms with Gasteiger partial charge in [-0.25, -0.2) is 0 Å². The summed E-state index contributed by atoms with van der Waals surface area (Å²) < 4.78 is 0. The van der Waals surface area contributed by atoms with E-state index in [4.69, 9.17) is 0 Å². The highest BCUT2D eigenvalue weighted by molar-refractivity contribution is 5.22. The maximum absolute atomic E-state index is 3.23. The zero-order valence-corrected chi connectivity index (χ0v) is 7.62. The topological polar surface area (TPSA) is 12.0 Å². The van der Waals surface area contributed by atoms with Crippen LogP contribution in [-0.2, 0) is 0 Å². The van der Waals surface area contributed by atoms with Crippen LogP contribution in [0.4, 0.5) is 0 Å². The van der Waals surface area contributed by atoms with Crippen molar-refractivity contribution in [2.24, 2.45) is 0 Å². The van der Waals surface area contributed by atoms with Crippen molar-refractivity contribution in [2.75, 3.05) is 7.05 Å². The number of allylic oxidation sites excluding steroid dienone is 1. The van der Waals surface area contributed by atoms with Crippen LogP contribution < -0.4 is 5.32 Å². The maximum atomic E-state index is 3.23. The Labute approximate surface area is 74.1 Å². The van der Waals surface area contributed by atoms with Crippen molar-refractivity contribution in [1.82, 2.24) is 5.32 Å². The number of nitrogens with one attached hydrogen (secondary N) is 1. The first-order valence-electron chi connectivity index (χ1n) is 4.23. The summed E-state index contributed by atoms with van der Waals surface area (Å²) >= 11 is 0. The van der Waals surface area contributed by atoms with E-state index in [0.717, 1.165) is 0 Å². The lowest BCUT2D eigenvalue weighted by atomic mass is 10.1. The Kier molecular flexibility index (Phi) is 3.55. The van der Waals surface area contributed by atoms with Crippen molar-refractivity contribution in [3.8, 4) is 0 Å². The van der Waals surface area contributed by atoms with Gasteiger partial charge in [-0.15, -0.1) is 0 Å². The summed E-state index contributed by atoms with van der Waals surface area (Å²) in [5, 5.41) is 3.23. The number of benzene rings is 1. The Balaban J connectivity index is 2.80. The van der Waals surface area contributed by atoms with Gasteiger partial charge >= 0.3 is 0 Å². The minimum absolute atomic E-state index is 0.344. The highest BCUT2D eigenvalue weighted by Gasteiger charge is 2.01. The fraction of sp³-hybridized carbons (Fsp3) is 0.273. The van der Waals surface area contributed by atoms with E-state index in [-0.39, 0.29) is 0 Å². The molecule has 1 atom stereocenters. The molecule has 1 rings (SSSR count). The van der Waals surface area contributed by atoms with Gasteiger partial charge in [-0.2, -0.15) is 0 Å². The summed E-state index contributed by atoms with van der Waals surface area (Å²) in [6.45, 7) is 2.04. The largest absolute Gasteiger partial charge is 0.310 e. The molecule has 0 radical (unpaired) electrons. The molecular weight excluding hydrogens is 146 g/mol. The lowest BCUT2D eigenvalue weighted by Gasteiger charge is -2.10. The highest BCUT2D eigenvalue weighted by Crippen LogP contribution is 2.12. The van der Waals surface area contributed by atoms with Crippen LogP contribution in [0.5, 0.6) is 0 Å². The Morgan fingerprint density at radius 2 is 1.92 bits per heavy atom. The second-order valence-electron chi connectivity index (χ2n) is 2.70. The predicted molar refractivity (Wildman–Crippen MR) is 53.1 cm³/mol. The third kappa shape index (κ3) is 2.21. The van der Waals surface area contributed by atoms with E-state index in [2.05, 4.69) is 41.7 Å². The van der Waals surface area contributed by atoms with E-state index in [1.54, 1.807) is 0 Å². The average Bonchev–Trinajstić information content (AvgIpc) is 2.15. The Morgan fingerprint density at radius 3 is 2.42 bits per heavy atom. The molecule has 1 N–H and O–H groups in total. The summed E-state index contributed by atoms with van der Waals surface area (Å²) in [6, 6.07) is 10.7. The average molecular weight is 161 g/mol. The van der Waals surface area contributed by atoms with E-state index in [0.29, 0.717) is 6.04 Å². The lowest BCUT2D eigenvalue weighted by molar-refractivity contribution is 0.714. The number of hydrogen-bond acceptors (Lipinski definition) is 1. The van der Waals surface area contributed by atoms with Gasteiger partial charge in [0.2, 0.25) is 0 Å². The smallest absolute Gasteiger partial charge is 0.0503 e. The van der Waals surface area contributed by atoms with Gasteiger partial charge in [0.15, 0.2) is 0 Å². The normalized spacial score (nSPS) is 13.5. The Bertz CT molecular complexity index is 238. The predicted octanol–water partition coefficient (Wildman–Crippen LogP) is 2.52. The molecule has 0 amide bonds. The molecule has 0 heterocycles. The SMILES string of the molecule is CC=CC(NC)c1ccccc1. The molecule has 0 bridgehead atoms. The van der Waals surface area contributed by atoms with Gasteiger partial charge in [-0.3, -0.25) is 0 Å². The second-order valence-corrected chi connectivity index (χ2v) is 2.70. The molecule has 1 unspecified atom stereocenters. The van der Waals surface area contributed by atoms with Crippen molar-refractivity contribution in [3.63, 3.8) is 0 Å². The van der Waals surface area contributed by atoms with E-state index in [9.17, 15) is 0 Å². The van der Waals surface area contributed by atoms with Crippen LogP contribution in [0.15, 0.2) is 42.5 Å². The van der Waals surface area contributed by atoms with E-state index < -0.39 is 0 Å². The third-order valence-corrected chi connectivity index (χ3v) is 1.85. The molecule has 0 aromatic heterocycles. The van der Waals surface area contributed by atoms with Gasteiger partial charge in [0.25, 0.3) is 0 Å². The van der Waals surface area contributed by atoms with Crippen LogP contribution in [-0.4, -0.2) is 7.05 Å². The number of hydrogen-bond donors (Lipinski definition) is 1. The van der Waals surface area contributed by atoms with Gasteiger partial charge in [0.05, 0.1) is 6.04 Å². The van der Waals surface area contributed by atoms with Crippen LogP contribution in [0.1, 0.15) is 18.5 Å². The molecule has 0 aliphatic heterocycles. The highest BCUT2D eigenvalue weighted by atomic mass is 14.9. The molecule has 1 aromatic rings. The standard InChI is InChI=1S/C11H15N/c1-3-7-11(12-2)10-8-5-4-6-9-10/h3-9,11-12H,1-2H3. The van der Waals surface area contributed by atoms with Crippen molar-refractivity contribution < 1.29 is 0 Å². The van der Waals surface area contributed by atoms with E-state index >= 15 is 0 Å². The molecular formula is C11H15N. The van der Waals surface area contributed by atoms with Gasteiger partial charge < -0.3 is 5.32 Å². The van der Waals surface area contributed by atoms with Crippen molar-refractivity contribution in [2.45, 2.75) is 13.0 Å². The molecule has 12 heavy (non-hydrogen) atoms. The summed E-state index contributed by atoms with van der Waals surface area (Å²) in [4.78, 5) is 0. The third-order valence-electron chi connectivity index (χ3n) is 1.85. The Morgan fingerprint density at radius 1 is 1.25 bits per heavy atom. The van der Waals surface area contributed by atoms with Gasteiger partial charge in [-0.05, 0) is 19.5 Å². The Hall–Kier alpha value is -1.08. The maximum Gasteiger partial charge on any atom is 0.0503 e. The lowest BCUT2D eigenvalue weighted by Crippen LogP contribution is -2.13. The van der Waals surface area contributed by atoms with Crippen LogP contribution in [0, 0.1) is 0 Å². The molecule has 0 saturated heterocycles. The van der Waals surface area contributed by atoms with Gasteiger partial charge in [-0.1, -0.05) is 42.5 Å². The molecule has 1 aromatic carbocycles. The molecule has 0 saturated carbocycles. The molecule has 0 spiro atoms. The fourth-order valence-corrected chi connectivity index (χ4v) is 1.23. The summed E-state index contributed by atoms with van der Waals surface area (Å²) in [6.07, 6.45) is 4.21. The first-order chi connectivity index (χ1) is 5.88. The first kappa shape index (κ1) is 9.01. The molecule has 0 aliphatic rings. The number of rotatable bonds is 3. The van der Waals surface area contributed by atoms with Gasteiger partial charge in [0, 0.05) is 0 Å². The quantitative estimate of drug-likeness (QED) is 0.672. The molecule has 64 valence electrons. The monoisotopic (exact) mass is 161 g/mol. The van der Waals surface area contributed by atoms with Crippen LogP contribution in [0.3, 0.4) is 0 Å². The van der Waals surface area contributed by atoms with Crippen molar-refractivity contribution in [1.29, 1.82) is 0 Å². The van der Waals surface area contributed by atoms with Crippen molar-refractivity contribution >= 4 is 0 Å². The zero-order valence-electron chi connectivity index (χ0n) is 7.62. The minimum atomic E-state index is 0.344. The number of likely N-dealkylation sites (N-methyl/N-ethyl adjacent to an activating group) is 1. The van der Waals surface area contributed by atoms with Crippen molar-refractivity contribution in [3.05, 3.63) is 48.0 Å². The molecule has 0 aliphatic carbocycles. The van der Waals surface area contributed by atoms with Crippen LogP contribution in [0.2, 0.25) is 0 Å². The fourth-order valence-electron chi connectivity index (χ4n) is 1.23. The van der Waals surface area contributed by atoms with E-state index in [1.165, 1.54) is 5.56 Å². The second kappa shape index (κ2) is 4.73. The minimum Gasteiger partial charge on any atom is -0.310 e. The molecule has 1 nitrogen and oxygen atoms in total. The first-order valence-corrected chi connectivity index (χ1v) is 4.23. The molecule has 0 fully saturated rings. The summed E-state index contributed by atoms with van der Waals surface area (Å²) in [5.74, 6) is 0. The molecule has 1 heteroatoms.